The van der Waals surface area contributed by atoms with E-state index in [9.17, 15) is 18.0 Å². The number of anilines is 1. The van der Waals surface area contributed by atoms with E-state index in [2.05, 4.69) is 23.5 Å². The van der Waals surface area contributed by atoms with Gasteiger partial charge < -0.3 is 9.88 Å². The van der Waals surface area contributed by atoms with Crippen LogP contribution in [0.1, 0.15) is 25.0 Å². The first kappa shape index (κ1) is 23.1. The molecule has 1 N–H and O–H groups in total. The predicted molar refractivity (Wildman–Crippen MR) is 142 cm³/mol. The number of nitrogens with one attached hydrogen (secondary N) is 1. The molecule has 7 nitrogen and oxygen atoms in total. The fourth-order valence-corrected chi connectivity index (χ4v) is 8.21. The number of sulfonamides is 1. The van der Waals surface area contributed by atoms with Crippen LogP contribution in [0.5, 0.6) is 0 Å². The Morgan fingerprint density at radius 1 is 1.00 bits per heavy atom. The summed E-state index contributed by atoms with van der Waals surface area (Å²) in [5.74, 6) is -0.210. The first-order valence-corrected chi connectivity index (χ1v) is 14.2. The van der Waals surface area contributed by atoms with E-state index in [1.54, 1.807) is 33.8 Å². The lowest BCUT2D eigenvalue weighted by Crippen LogP contribution is -2.49. The molecule has 1 amide bonds. The molecule has 1 saturated heterocycles. The van der Waals surface area contributed by atoms with E-state index in [-0.39, 0.29) is 28.2 Å². The molecular weight excluding hydrogens is 494 g/mol. The van der Waals surface area contributed by atoms with Crippen LogP contribution in [-0.4, -0.2) is 36.3 Å². The van der Waals surface area contributed by atoms with Crippen LogP contribution in [0.25, 0.3) is 20.5 Å². The molecule has 2 unspecified atom stereocenters. The van der Waals surface area contributed by atoms with Gasteiger partial charge >= 0.3 is 0 Å². The van der Waals surface area contributed by atoms with Gasteiger partial charge in [0.15, 0.2) is 0 Å². The highest BCUT2D eigenvalue weighted by Crippen LogP contribution is 2.43. The third kappa shape index (κ3) is 3.97. The maximum absolute atomic E-state index is 13.6. The zero-order chi connectivity index (χ0) is 25.0. The molecule has 2 bridgehead atoms. The number of hydrogen-bond acceptors (Lipinski definition) is 5. The highest BCUT2D eigenvalue weighted by atomic mass is 32.2. The van der Waals surface area contributed by atoms with Crippen molar-refractivity contribution >= 4 is 43.0 Å². The summed E-state index contributed by atoms with van der Waals surface area (Å²) in [6.07, 6.45) is 0.856. The van der Waals surface area contributed by atoms with E-state index in [0.29, 0.717) is 25.3 Å². The van der Waals surface area contributed by atoms with Crippen LogP contribution < -0.4 is 10.9 Å². The Balaban J connectivity index is 1.37. The fraction of sp³-hybridized carbons (Fsp3) is 0.259. The number of fused-ring (bicyclic) bond motifs is 5. The molecule has 2 aromatic heterocycles. The number of carbonyl (C=O) groups is 1. The number of piperidine rings is 1. The number of pyridine rings is 1. The second-order valence-corrected chi connectivity index (χ2v) is 12.6. The van der Waals surface area contributed by atoms with Crippen LogP contribution >= 0.6 is 11.3 Å². The molecular formula is C27H25N3O4S2. The summed E-state index contributed by atoms with van der Waals surface area (Å²) in [5.41, 5.74) is 2.47. The van der Waals surface area contributed by atoms with Crippen LogP contribution in [0, 0.1) is 5.92 Å². The van der Waals surface area contributed by atoms with E-state index >= 15 is 0 Å². The Morgan fingerprint density at radius 3 is 2.53 bits per heavy atom. The molecule has 0 radical (unpaired) electrons. The summed E-state index contributed by atoms with van der Waals surface area (Å²) in [6.45, 7) is 2.63. The SMILES string of the molecule is CC(=O)Nc1ccc(S(=O)(=O)N2CC3CC(C2)c2c(-c4cc5ccccc5s4)ccc(=O)n2C3)cc1. The van der Waals surface area contributed by atoms with Gasteiger partial charge in [-0.05, 0) is 60.2 Å². The second-order valence-electron chi connectivity index (χ2n) is 9.56. The molecule has 1 fully saturated rings. The minimum atomic E-state index is -3.72. The van der Waals surface area contributed by atoms with Crippen molar-refractivity contribution in [3.63, 3.8) is 0 Å². The normalized spacial score (nSPS) is 19.7. The predicted octanol–water partition coefficient (Wildman–Crippen LogP) is 4.50. The Hall–Kier alpha value is -3.27. The molecule has 4 heterocycles. The van der Waals surface area contributed by atoms with Gasteiger partial charge in [-0.3, -0.25) is 9.59 Å². The molecule has 2 aromatic carbocycles. The molecule has 6 rings (SSSR count). The number of aromatic nitrogens is 1. The highest BCUT2D eigenvalue weighted by molar-refractivity contribution is 7.89. The standard InChI is InChI=1S/C27H25N3O4S2/c1-17(31)28-21-6-8-22(9-7-21)36(33,34)29-14-18-12-20(16-29)27-23(10-11-26(32)30(27)15-18)25-13-19-4-2-3-5-24(19)35-25/h2-11,13,18,20H,12,14-16H2,1H3,(H,28,31). The van der Waals surface area contributed by atoms with Gasteiger partial charge in [0.1, 0.15) is 0 Å². The topological polar surface area (TPSA) is 88.5 Å². The van der Waals surface area contributed by atoms with Gasteiger partial charge in [-0.1, -0.05) is 18.2 Å². The highest BCUT2D eigenvalue weighted by Gasteiger charge is 2.40. The fourth-order valence-electron chi connectivity index (χ4n) is 5.55. The van der Waals surface area contributed by atoms with E-state index in [4.69, 9.17) is 0 Å². The van der Waals surface area contributed by atoms with Gasteiger partial charge in [-0.2, -0.15) is 4.31 Å². The number of carbonyl (C=O) groups excluding carboxylic acids is 1. The number of amides is 1. The quantitative estimate of drug-likeness (QED) is 0.430. The molecule has 0 spiro atoms. The summed E-state index contributed by atoms with van der Waals surface area (Å²) in [5, 5.41) is 3.82. The van der Waals surface area contributed by atoms with Crippen molar-refractivity contribution in [3.05, 3.63) is 82.8 Å². The van der Waals surface area contributed by atoms with Crippen LogP contribution in [0.15, 0.2) is 76.4 Å². The van der Waals surface area contributed by atoms with E-state index in [1.165, 1.54) is 23.8 Å². The van der Waals surface area contributed by atoms with Crippen molar-refractivity contribution in [1.82, 2.24) is 8.87 Å². The lowest BCUT2D eigenvalue weighted by Gasteiger charge is -2.42. The molecule has 184 valence electrons. The van der Waals surface area contributed by atoms with Crippen LogP contribution in [0.3, 0.4) is 0 Å². The summed E-state index contributed by atoms with van der Waals surface area (Å²) < 4.78 is 31.8. The minimum Gasteiger partial charge on any atom is -0.326 e. The van der Waals surface area contributed by atoms with Crippen molar-refractivity contribution in [1.29, 1.82) is 0 Å². The average Bonchev–Trinajstić information content (AvgIpc) is 3.29. The Labute approximate surface area is 213 Å². The Bertz CT molecular complexity index is 1620. The van der Waals surface area contributed by atoms with Crippen LogP contribution in [0.4, 0.5) is 5.69 Å². The summed E-state index contributed by atoms with van der Waals surface area (Å²) in [7, 11) is -3.72. The molecule has 2 aliphatic rings. The Kier molecular flexibility index (Phi) is 5.59. The zero-order valence-corrected chi connectivity index (χ0v) is 21.3. The van der Waals surface area contributed by atoms with E-state index in [0.717, 1.165) is 27.9 Å². The smallest absolute Gasteiger partial charge is 0.250 e. The average molecular weight is 520 g/mol. The maximum atomic E-state index is 13.6. The second kappa shape index (κ2) is 8.69. The molecule has 2 aliphatic heterocycles. The van der Waals surface area contributed by atoms with Crippen LogP contribution in [-0.2, 0) is 21.4 Å². The van der Waals surface area contributed by atoms with Crippen molar-refractivity contribution in [2.75, 3.05) is 18.4 Å². The third-order valence-corrected chi connectivity index (χ3v) is 10.1. The number of hydrogen-bond donors (Lipinski definition) is 1. The number of benzene rings is 2. The van der Waals surface area contributed by atoms with Crippen LogP contribution in [0.2, 0.25) is 0 Å². The molecule has 36 heavy (non-hydrogen) atoms. The zero-order valence-electron chi connectivity index (χ0n) is 19.7. The first-order chi connectivity index (χ1) is 17.3. The number of rotatable bonds is 4. The van der Waals surface area contributed by atoms with Crippen molar-refractivity contribution < 1.29 is 13.2 Å². The van der Waals surface area contributed by atoms with Gasteiger partial charge in [0.25, 0.3) is 5.56 Å². The summed E-state index contributed by atoms with van der Waals surface area (Å²) in [6, 6.07) is 20.2. The van der Waals surface area contributed by atoms with Gasteiger partial charge in [0.2, 0.25) is 15.9 Å². The van der Waals surface area contributed by atoms with E-state index < -0.39 is 10.0 Å². The lowest BCUT2D eigenvalue weighted by molar-refractivity contribution is -0.114. The minimum absolute atomic E-state index is 0.0329. The monoisotopic (exact) mass is 519 g/mol. The third-order valence-electron chi connectivity index (χ3n) is 7.06. The van der Waals surface area contributed by atoms with Crippen molar-refractivity contribution in [2.45, 2.75) is 30.7 Å². The Morgan fingerprint density at radius 2 is 1.78 bits per heavy atom. The van der Waals surface area contributed by atoms with Gasteiger partial charge in [0, 0.05) is 65.1 Å². The number of nitrogens with zero attached hydrogens (tertiary/aromatic N) is 2. The van der Waals surface area contributed by atoms with Crippen molar-refractivity contribution in [3.8, 4) is 10.4 Å². The van der Waals surface area contributed by atoms with E-state index in [1.807, 2.05) is 22.8 Å². The van der Waals surface area contributed by atoms with Gasteiger partial charge in [-0.25, -0.2) is 8.42 Å². The molecule has 0 aliphatic carbocycles. The largest absolute Gasteiger partial charge is 0.326 e. The molecule has 0 saturated carbocycles. The molecule has 2 atom stereocenters. The van der Waals surface area contributed by atoms with Crippen molar-refractivity contribution in [2.24, 2.45) is 5.92 Å². The molecule has 4 aromatic rings. The lowest BCUT2D eigenvalue weighted by atomic mass is 9.82. The van der Waals surface area contributed by atoms with Gasteiger partial charge in [0.05, 0.1) is 4.90 Å². The number of thiophene rings is 1. The maximum Gasteiger partial charge on any atom is 0.250 e. The summed E-state index contributed by atoms with van der Waals surface area (Å²) >= 11 is 1.69. The molecule has 9 heteroatoms. The summed E-state index contributed by atoms with van der Waals surface area (Å²) in [4.78, 5) is 25.5. The van der Waals surface area contributed by atoms with Gasteiger partial charge in [-0.15, -0.1) is 11.3 Å². The first-order valence-electron chi connectivity index (χ1n) is 11.9.